The maximum absolute atomic E-state index is 13.4. The van der Waals surface area contributed by atoms with Crippen LogP contribution in [0.25, 0.3) is 16.6 Å². The second-order valence-electron chi connectivity index (χ2n) is 7.08. The minimum Gasteiger partial charge on any atom is -0.368 e. The van der Waals surface area contributed by atoms with Crippen LogP contribution in [-0.4, -0.2) is 24.5 Å². The first-order chi connectivity index (χ1) is 15.0. The molecular formula is C22H23N7OS. The second-order valence-corrected chi connectivity index (χ2v) is 8.02. The van der Waals surface area contributed by atoms with E-state index in [0.717, 1.165) is 24.9 Å². The third-order valence-corrected chi connectivity index (χ3v) is 5.74. The molecule has 31 heavy (non-hydrogen) atoms. The van der Waals surface area contributed by atoms with Crippen molar-refractivity contribution in [1.29, 1.82) is 0 Å². The van der Waals surface area contributed by atoms with Crippen LogP contribution in [0.3, 0.4) is 0 Å². The minimum absolute atomic E-state index is 0.0645. The van der Waals surface area contributed by atoms with Crippen molar-refractivity contribution >= 4 is 34.6 Å². The van der Waals surface area contributed by atoms with Crippen LogP contribution < -0.4 is 17.0 Å². The topological polar surface area (TPSA) is 126 Å². The summed E-state index contributed by atoms with van der Waals surface area (Å²) >= 11 is 1.35. The predicted octanol–water partition coefficient (Wildman–Crippen LogP) is 3.37. The van der Waals surface area contributed by atoms with E-state index in [1.807, 2.05) is 30.3 Å². The molecule has 8 nitrogen and oxygen atoms in total. The Labute approximate surface area is 183 Å². The van der Waals surface area contributed by atoms with Crippen LogP contribution in [0.1, 0.15) is 31.2 Å². The van der Waals surface area contributed by atoms with Gasteiger partial charge in [0.2, 0.25) is 11.9 Å². The summed E-state index contributed by atoms with van der Waals surface area (Å²) < 4.78 is 1.63. The summed E-state index contributed by atoms with van der Waals surface area (Å²) in [7, 11) is 0. The van der Waals surface area contributed by atoms with E-state index in [1.165, 1.54) is 17.3 Å². The molecule has 2 aromatic heterocycles. The van der Waals surface area contributed by atoms with Crippen LogP contribution >= 0.6 is 11.8 Å². The number of unbranched alkanes of at least 4 members (excludes halogenated alkanes) is 1. The number of para-hydroxylation sites is 1. The molecule has 4 aromatic rings. The fourth-order valence-electron chi connectivity index (χ4n) is 3.28. The van der Waals surface area contributed by atoms with Crippen molar-refractivity contribution in [3.05, 3.63) is 70.3 Å². The summed E-state index contributed by atoms with van der Waals surface area (Å²) in [6.07, 6.45) is 3.30. The van der Waals surface area contributed by atoms with Gasteiger partial charge in [0.1, 0.15) is 5.82 Å². The molecule has 2 heterocycles. The number of aromatic nitrogens is 5. The molecule has 4 N–H and O–H groups in total. The molecular weight excluding hydrogens is 410 g/mol. The Morgan fingerprint density at radius 2 is 1.65 bits per heavy atom. The van der Waals surface area contributed by atoms with Crippen molar-refractivity contribution in [3.8, 4) is 5.69 Å². The van der Waals surface area contributed by atoms with Gasteiger partial charge in [0.05, 0.1) is 22.3 Å². The van der Waals surface area contributed by atoms with E-state index in [-0.39, 0.29) is 17.5 Å². The summed E-state index contributed by atoms with van der Waals surface area (Å²) in [6.45, 7) is 2.17. The van der Waals surface area contributed by atoms with Gasteiger partial charge in [0.25, 0.3) is 5.56 Å². The van der Waals surface area contributed by atoms with Gasteiger partial charge in [0.15, 0.2) is 5.16 Å². The molecule has 0 saturated heterocycles. The number of nitrogens with two attached hydrogens (primary N) is 2. The highest BCUT2D eigenvalue weighted by atomic mass is 32.2. The Morgan fingerprint density at radius 1 is 0.935 bits per heavy atom. The monoisotopic (exact) mass is 433 g/mol. The zero-order valence-electron chi connectivity index (χ0n) is 17.2. The number of fused-ring (bicyclic) bond motifs is 1. The Balaban J connectivity index is 1.75. The first-order valence-corrected chi connectivity index (χ1v) is 11.0. The van der Waals surface area contributed by atoms with E-state index < -0.39 is 0 Å². The fraction of sp³-hybridized carbons (Fsp3) is 0.227. The fourth-order valence-corrected chi connectivity index (χ4v) is 4.15. The van der Waals surface area contributed by atoms with Crippen LogP contribution in [-0.2, 0) is 12.2 Å². The van der Waals surface area contributed by atoms with Gasteiger partial charge in [0, 0.05) is 0 Å². The molecule has 0 saturated carbocycles. The maximum Gasteiger partial charge on any atom is 0.266 e. The van der Waals surface area contributed by atoms with Gasteiger partial charge in [-0.25, -0.2) is 4.98 Å². The molecule has 0 fully saturated rings. The molecule has 4 rings (SSSR count). The van der Waals surface area contributed by atoms with Crippen molar-refractivity contribution in [2.75, 3.05) is 11.5 Å². The number of hydrogen-bond acceptors (Lipinski definition) is 8. The van der Waals surface area contributed by atoms with Gasteiger partial charge in [-0.15, -0.1) is 0 Å². The maximum atomic E-state index is 13.4. The van der Waals surface area contributed by atoms with Gasteiger partial charge in [-0.3, -0.25) is 9.36 Å². The lowest BCUT2D eigenvalue weighted by atomic mass is 10.1. The molecule has 0 aliphatic heterocycles. The number of benzene rings is 2. The van der Waals surface area contributed by atoms with Crippen LogP contribution in [0.15, 0.2) is 58.5 Å². The van der Waals surface area contributed by atoms with Gasteiger partial charge in [-0.1, -0.05) is 49.4 Å². The normalized spacial score (nSPS) is 11.1. The minimum atomic E-state index is -0.121. The molecule has 9 heteroatoms. The van der Waals surface area contributed by atoms with Crippen LogP contribution in [0.2, 0.25) is 0 Å². The summed E-state index contributed by atoms with van der Waals surface area (Å²) in [5, 5.41) is 1.11. The predicted molar refractivity (Wildman–Crippen MR) is 124 cm³/mol. The molecule has 0 bridgehead atoms. The molecule has 0 unspecified atom stereocenters. The Hall–Kier alpha value is -3.46. The average molecular weight is 434 g/mol. The van der Waals surface area contributed by atoms with E-state index in [2.05, 4.69) is 34.0 Å². The zero-order chi connectivity index (χ0) is 21.8. The Kier molecular flexibility index (Phi) is 6.13. The second kappa shape index (κ2) is 9.13. The first-order valence-electron chi connectivity index (χ1n) is 10.0. The van der Waals surface area contributed by atoms with Crippen LogP contribution in [0, 0.1) is 0 Å². The summed E-state index contributed by atoms with van der Waals surface area (Å²) in [4.78, 5) is 30.1. The molecule has 158 valence electrons. The van der Waals surface area contributed by atoms with E-state index in [0.29, 0.717) is 27.6 Å². The number of rotatable bonds is 7. The molecule has 0 atom stereocenters. The standard InChI is InChI=1S/C22H23N7OS/c1-2-3-6-14-9-11-15(12-10-14)29-19(30)16-7-4-5-8-17(16)25-22(29)31-13-18-26-20(23)28-21(24)27-18/h4-5,7-12H,2-3,6,13H2,1H3,(H4,23,24,26,27,28). The average Bonchev–Trinajstić information content (AvgIpc) is 2.76. The number of nitrogens with zero attached hydrogens (tertiary/aromatic N) is 5. The highest BCUT2D eigenvalue weighted by Crippen LogP contribution is 2.24. The van der Waals surface area contributed by atoms with Gasteiger partial charge in [-0.2, -0.15) is 15.0 Å². The number of hydrogen-bond donors (Lipinski definition) is 2. The number of anilines is 2. The Bertz CT molecular complexity index is 1250. The van der Waals surface area contributed by atoms with Crippen molar-refractivity contribution < 1.29 is 0 Å². The lowest BCUT2D eigenvalue weighted by molar-refractivity contribution is 0.791. The van der Waals surface area contributed by atoms with Crippen molar-refractivity contribution in [1.82, 2.24) is 24.5 Å². The molecule has 0 aliphatic carbocycles. The first kappa shape index (κ1) is 20.8. The van der Waals surface area contributed by atoms with E-state index in [1.54, 1.807) is 10.6 Å². The smallest absolute Gasteiger partial charge is 0.266 e. The number of thioether (sulfide) groups is 1. The van der Waals surface area contributed by atoms with Crippen molar-refractivity contribution in [2.45, 2.75) is 37.1 Å². The number of nitrogen functional groups attached to an aromatic ring is 2. The lowest BCUT2D eigenvalue weighted by Crippen LogP contribution is -2.21. The lowest BCUT2D eigenvalue weighted by Gasteiger charge is -2.13. The molecule has 0 aliphatic rings. The van der Waals surface area contributed by atoms with Gasteiger partial charge < -0.3 is 11.5 Å². The molecule has 0 radical (unpaired) electrons. The van der Waals surface area contributed by atoms with Crippen molar-refractivity contribution in [2.24, 2.45) is 0 Å². The largest absolute Gasteiger partial charge is 0.368 e. The molecule has 0 spiro atoms. The van der Waals surface area contributed by atoms with Crippen LogP contribution in [0.5, 0.6) is 0 Å². The van der Waals surface area contributed by atoms with E-state index >= 15 is 0 Å². The van der Waals surface area contributed by atoms with Gasteiger partial charge in [-0.05, 0) is 42.7 Å². The quantitative estimate of drug-likeness (QED) is 0.336. The molecule has 0 amide bonds. The third-order valence-electron chi connectivity index (χ3n) is 4.81. The molecule has 2 aromatic carbocycles. The highest BCUT2D eigenvalue weighted by molar-refractivity contribution is 7.98. The zero-order valence-corrected chi connectivity index (χ0v) is 18.0. The van der Waals surface area contributed by atoms with Crippen LogP contribution in [0.4, 0.5) is 11.9 Å². The van der Waals surface area contributed by atoms with E-state index in [4.69, 9.17) is 16.5 Å². The van der Waals surface area contributed by atoms with E-state index in [9.17, 15) is 4.79 Å². The summed E-state index contributed by atoms with van der Waals surface area (Å²) in [5.74, 6) is 0.902. The summed E-state index contributed by atoms with van der Waals surface area (Å²) in [5.41, 5.74) is 13.9. The van der Waals surface area contributed by atoms with Gasteiger partial charge >= 0.3 is 0 Å². The third kappa shape index (κ3) is 4.66. The Morgan fingerprint density at radius 3 is 2.35 bits per heavy atom. The summed E-state index contributed by atoms with van der Waals surface area (Å²) in [6, 6.07) is 15.4. The SMILES string of the molecule is CCCCc1ccc(-n2c(SCc3nc(N)nc(N)n3)nc3ccccc3c2=O)cc1. The number of aryl methyl sites for hydroxylation is 1. The van der Waals surface area contributed by atoms with Crippen molar-refractivity contribution in [3.63, 3.8) is 0 Å². The highest BCUT2D eigenvalue weighted by Gasteiger charge is 2.14.